The first-order valence-corrected chi connectivity index (χ1v) is 18.8. The van der Waals surface area contributed by atoms with Gasteiger partial charge in [-0.25, -0.2) is 19.6 Å². The maximum absolute atomic E-state index is 12.6. The topological polar surface area (TPSA) is 195 Å². The molecule has 0 aliphatic carbocycles. The number of aliphatic hydroxyl groups excluding tert-OH is 2. The second-order valence-corrected chi connectivity index (χ2v) is 14.5. The van der Waals surface area contributed by atoms with Crippen molar-refractivity contribution in [2.24, 2.45) is 9.98 Å². The molecule has 0 saturated carbocycles. The molecule has 4 N–H and O–H groups in total. The van der Waals surface area contributed by atoms with Crippen LogP contribution in [0.25, 0.3) is 43.1 Å². The molecule has 0 unspecified atom stereocenters. The lowest BCUT2D eigenvalue weighted by Crippen LogP contribution is -2.09. The molecular formula is C42H30Cl4N2O12. The summed E-state index contributed by atoms with van der Waals surface area (Å²) in [5, 5.41) is 44.8. The molecule has 60 heavy (non-hydrogen) atoms. The summed E-state index contributed by atoms with van der Waals surface area (Å²) in [6.45, 7) is 0. The summed E-state index contributed by atoms with van der Waals surface area (Å²) in [6, 6.07) is 10.9. The highest BCUT2D eigenvalue weighted by Crippen LogP contribution is 2.53. The van der Waals surface area contributed by atoms with E-state index in [9.17, 15) is 30.0 Å². The number of aromatic carboxylic acids is 2. The molecule has 0 saturated heterocycles. The van der Waals surface area contributed by atoms with E-state index in [4.69, 9.17) is 74.8 Å². The molecule has 0 fully saturated rings. The van der Waals surface area contributed by atoms with Gasteiger partial charge in [-0.05, 0) is 24.3 Å². The molecular weight excluding hydrogens is 866 g/mol. The van der Waals surface area contributed by atoms with Crippen LogP contribution < -0.4 is 28.4 Å². The number of aliphatic imine (C=N–C) groups is 2. The van der Waals surface area contributed by atoms with Crippen LogP contribution in [0.4, 0.5) is 11.4 Å². The number of fused-ring (bicyclic) bond motifs is 2. The highest BCUT2D eigenvalue weighted by Gasteiger charge is 2.31. The van der Waals surface area contributed by atoms with Gasteiger partial charge < -0.3 is 48.8 Å². The van der Waals surface area contributed by atoms with Gasteiger partial charge in [-0.1, -0.05) is 46.4 Å². The third-order valence-corrected chi connectivity index (χ3v) is 11.0. The lowest BCUT2D eigenvalue weighted by molar-refractivity contribution is 0.0695. The van der Waals surface area contributed by atoms with Crippen molar-refractivity contribution in [2.45, 2.75) is 0 Å². The first-order chi connectivity index (χ1) is 28.6. The average molecular weight is 897 g/mol. The number of hydrogen-bond donors (Lipinski definition) is 4. The second kappa shape index (κ2) is 16.0. The molecule has 0 aliphatic rings. The molecule has 18 heteroatoms. The number of methoxy groups -OCH3 is 6. The van der Waals surface area contributed by atoms with Crippen molar-refractivity contribution in [3.8, 4) is 34.5 Å². The third kappa shape index (κ3) is 6.61. The molecule has 0 atom stereocenters. The SMILES string of the molecule is COc1cc(N=C(O)c2cc(Cl)c3c4c(Cl)cc(C(=O)O)c5c(C(=O)O)cc(Cl)c(c6c(Cl)cc(C(O)=Nc7cc(OC)c(OC)c(OC)c7)c2c36)c54)cc(OC)c1OC. The van der Waals surface area contributed by atoms with E-state index >= 15 is 0 Å². The predicted molar refractivity (Wildman–Crippen MR) is 231 cm³/mol. The van der Waals surface area contributed by atoms with Crippen LogP contribution in [0.3, 0.4) is 0 Å². The number of rotatable bonds is 12. The van der Waals surface area contributed by atoms with Gasteiger partial charge in [-0.15, -0.1) is 0 Å². The molecule has 7 rings (SSSR count). The van der Waals surface area contributed by atoms with E-state index in [0.29, 0.717) is 0 Å². The number of carboxylic acids is 2. The first-order valence-electron chi connectivity index (χ1n) is 17.2. The summed E-state index contributed by atoms with van der Waals surface area (Å²) in [7, 11) is 8.51. The molecule has 0 amide bonds. The lowest BCUT2D eigenvalue weighted by atomic mass is 9.84. The zero-order valence-corrected chi connectivity index (χ0v) is 35.1. The molecule has 0 spiro atoms. The van der Waals surface area contributed by atoms with Crippen molar-refractivity contribution < 1.29 is 58.4 Å². The van der Waals surface area contributed by atoms with Crippen molar-refractivity contribution in [3.05, 3.63) is 90.9 Å². The fraction of sp³-hybridized carbons (Fsp3) is 0.143. The van der Waals surface area contributed by atoms with Gasteiger partial charge in [-0.3, -0.25) is 0 Å². The minimum Gasteiger partial charge on any atom is -0.493 e. The van der Waals surface area contributed by atoms with E-state index in [2.05, 4.69) is 9.98 Å². The molecule has 0 aliphatic heterocycles. The summed E-state index contributed by atoms with van der Waals surface area (Å²) in [5.41, 5.74) is -0.639. The largest absolute Gasteiger partial charge is 0.493 e. The Labute approximate surface area is 359 Å². The van der Waals surface area contributed by atoms with Crippen molar-refractivity contribution in [2.75, 3.05) is 42.7 Å². The molecule has 0 heterocycles. The van der Waals surface area contributed by atoms with Gasteiger partial charge in [0.25, 0.3) is 0 Å². The van der Waals surface area contributed by atoms with Crippen molar-refractivity contribution in [1.82, 2.24) is 0 Å². The van der Waals surface area contributed by atoms with Gasteiger partial charge in [0, 0.05) is 98.6 Å². The highest BCUT2D eigenvalue weighted by molar-refractivity contribution is 6.55. The number of hydrogen-bond acceptors (Lipinski definition) is 10. The van der Waals surface area contributed by atoms with Crippen molar-refractivity contribution >= 4 is 125 Å². The van der Waals surface area contributed by atoms with Crippen LogP contribution in [-0.2, 0) is 0 Å². The predicted octanol–water partition coefficient (Wildman–Crippen LogP) is 11.1. The van der Waals surface area contributed by atoms with E-state index in [1.807, 2.05) is 0 Å². The Bertz CT molecular complexity index is 2800. The van der Waals surface area contributed by atoms with Gasteiger partial charge in [0.05, 0.1) is 65.2 Å². The minimum atomic E-state index is -1.46. The number of carbonyl (C=O) groups is 2. The average Bonchev–Trinajstić information content (AvgIpc) is 3.22. The normalized spacial score (nSPS) is 12.1. The Kier molecular flexibility index (Phi) is 11.2. The number of aliphatic hydroxyl groups is 2. The van der Waals surface area contributed by atoms with E-state index in [-0.39, 0.29) is 120 Å². The Morgan fingerprint density at radius 2 is 0.667 bits per heavy atom. The van der Waals surface area contributed by atoms with Crippen LogP contribution in [-0.4, -0.2) is 86.8 Å². The first kappa shape index (κ1) is 41.8. The number of nitrogens with zero attached hydrogens (tertiary/aromatic N) is 2. The number of benzene rings is 7. The molecule has 14 nitrogen and oxygen atoms in total. The fourth-order valence-corrected chi connectivity index (χ4v) is 8.63. The van der Waals surface area contributed by atoms with E-state index in [1.54, 1.807) is 0 Å². The Morgan fingerprint density at radius 3 is 0.917 bits per heavy atom. The standard InChI is InChI=1S/C42H30Cl4N2O12/c1-55-25-7-15(8-26(56-2)37(25)59-5)47-39(49)17-11-21(43)31-33-23(45)13-19(41(51)52)30-20(42(53)54)14-24(46)34(36(30)33)32-22(44)12-18(29(17)35(31)32)40(50)48-16-9-27(57-3)38(60-6)28(10-16)58-4/h7-14H,1-6H3,(H,47,49)(H,48,50)(H,51,52)(H,53,54). The van der Waals surface area contributed by atoms with E-state index < -0.39 is 34.9 Å². The monoisotopic (exact) mass is 894 g/mol. The zero-order valence-electron chi connectivity index (χ0n) is 32.1. The molecule has 7 aromatic carbocycles. The van der Waals surface area contributed by atoms with Gasteiger partial charge in [0.15, 0.2) is 23.0 Å². The fourth-order valence-electron chi connectivity index (χ4n) is 7.44. The zero-order chi connectivity index (χ0) is 43.5. The quantitative estimate of drug-likeness (QED) is 0.0393. The van der Waals surface area contributed by atoms with E-state index in [1.165, 1.54) is 79.1 Å². The second-order valence-electron chi connectivity index (χ2n) is 12.9. The van der Waals surface area contributed by atoms with Gasteiger partial charge in [0.1, 0.15) is 0 Å². The molecule has 0 radical (unpaired) electrons. The summed E-state index contributed by atoms with van der Waals surface area (Å²) in [4.78, 5) is 34.2. The van der Waals surface area contributed by atoms with Gasteiger partial charge in [-0.2, -0.15) is 0 Å². The Morgan fingerprint density at radius 1 is 0.400 bits per heavy atom. The van der Waals surface area contributed by atoms with Crippen LogP contribution in [0.15, 0.2) is 58.5 Å². The maximum Gasteiger partial charge on any atom is 0.336 e. The maximum atomic E-state index is 12.6. The molecule has 0 aromatic heterocycles. The van der Waals surface area contributed by atoms with Crippen LogP contribution in [0.5, 0.6) is 34.5 Å². The van der Waals surface area contributed by atoms with Crippen LogP contribution in [0, 0.1) is 0 Å². The molecule has 308 valence electrons. The van der Waals surface area contributed by atoms with Crippen molar-refractivity contribution in [1.29, 1.82) is 0 Å². The van der Waals surface area contributed by atoms with Crippen LogP contribution in [0.1, 0.15) is 31.8 Å². The highest BCUT2D eigenvalue weighted by atomic mass is 35.5. The summed E-state index contributed by atoms with van der Waals surface area (Å²) >= 11 is 28.2. The van der Waals surface area contributed by atoms with Crippen molar-refractivity contribution in [3.63, 3.8) is 0 Å². The van der Waals surface area contributed by atoms with Gasteiger partial charge >= 0.3 is 11.9 Å². The number of halogens is 4. The Hall–Kier alpha value is -6.32. The number of ether oxygens (including phenoxy) is 6. The van der Waals surface area contributed by atoms with Crippen LogP contribution in [0.2, 0.25) is 20.1 Å². The lowest BCUT2D eigenvalue weighted by Gasteiger charge is -2.23. The third-order valence-electron chi connectivity index (χ3n) is 9.83. The molecule has 7 aromatic rings. The summed E-state index contributed by atoms with van der Waals surface area (Å²) in [6.07, 6.45) is 0. The Balaban J connectivity index is 1.70. The van der Waals surface area contributed by atoms with Crippen LogP contribution >= 0.6 is 46.4 Å². The van der Waals surface area contributed by atoms with Gasteiger partial charge in [0.2, 0.25) is 23.3 Å². The van der Waals surface area contributed by atoms with E-state index in [0.717, 1.165) is 12.1 Å². The molecule has 0 bridgehead atoms. The smallest absolute Gasteiger partial charge is 0.336 e. The summed E-state index contributed by atoms with van der Waals surface area (Å²) < 4.78 is 32.8. The minimum absolute atomic E-state index is 0.0496. The summed E-state index contributed by atoms with van der Waals surface area (Å²) in [5.74, 6) is -2.69. The number of carboxylic acid groups (broad SMARTS) is 2.